The van der Waals surface area contributed by atoms with Crippen molar-refractivity contribution in [1.82, 2.24) is 14.4 Å². The standard InChI is InChI=1S/C31H35N3O5/c1-30(27-9-6-15-34(27)25-8-5-4-7-22(25)20-39-30)29(36)33-18-14-31(21-33)12-16-32(17-13-31)28(35)24-19-23(37-2)10-11-26(24)38-3/h4-11,15,19H,12-14,16-18,20-21H2,1-3H3. The van der Waals surface area contributed by atoms with E-state index in [0.29, 0.717) is 49.8 Å². The van der Waals surface area contributed by atoms with E-state index in [1.807, 2.05) is 47.2 Å². The second-order valence-electron chi connectivity index (χ2n) is 11.0. The molecule has 4 heterocycles. The van der Waals surface area contributed by atoms with Crippen LogP contribution in [-0.2, 0) is 21.7 Å². The number of rotatable bonds is 4. The Bertz CT molecular complexity index is 1410. The van der Waals surface area contributed by atoms with Crippen LogP contribution in [-0.4, -0.2) is 66.6 Å². The first-order valence-electron chi connectivity index (χ1n) is 13.6. The Morgan fingerprint density at radius 1 is 0.897 bits per heavy atom. The number of hydrogen-bond donors (Lipinski definition) is 0. The molecule has 0 saturated carbocycles. The topological polar surface area (TPSA) is 73.2 Å². The van der Waals surface area contributed by atoms with Gasteiger partial charge in [0, 0.05) is 37.9 Å². The molecule has 1 unspecified atom stereocenters. The summed E-state index contributed by atoms with van der Waals surface area (Å²) in [6.07, 6.45) is 4.65. The van der Waals surface area contributed by atoms with Gasteiger partial charge in [-0.15, -0.1) is 0 Å². The summed E-state index contributed by atoms with van der Waals surface area (Å²) in [4.78, 5) is 31.4. The van der Waals surface area contributed by atoms with Crippen molar-refractivity contribution in [2.45, 2.75) is 38.4 Å². The van der Waals surface area contributed by atoms with E-state index in [1.54, 1.807) is 32.4 Å². The molecule has 1 atom stereocenters. The van der Waals surface area contributed by atoms with Crippen molar-refractivity contribution in [2.75, 3.05) is 40.4 Å². The van der Waals surface area contributed by atoms with Crippen molar-refractivity contribution in [3.63, 3.8) is 0 Å². The minimum Gasteiger partial charge on any atom is -0.497 e. The molecule has 8 heteroatoms. The molecule has 6 rings (SSSR count). The molecule has 0 bridgehead atoms. The second kappa shape index (κ2) is 9.75. The molecule has 3 aliphatic rings. The highest BCUT2D eigenvalue weighted by Gasteiger charge is 2.49. The summed E-state index contributed by atoms with van der Waals surface area (Å²) in [6, 6.07) is 17.4. The van der Waals surface area contributed by atoms with E-state index < -0.39 is 5.60 Å². The first-order chi connectivity index (χ1) is 18.9. The summed E-state index contributed by atoms with van der Waals surface area (Å²) in [5.74, 6) is 1.13. The van der Waals surface area contributed by atoms with Gasteiger partial charge in [0.2, 0.25) is 0 Å². The van der Waals surface area contributed by atoms with Crippen LogP contribution in [0.2, 0.25) is 0 Å². The average Bonchev–Trinajstić information content (AvgIpc) is 3.61. The summed E-state index contributed by atoms with van der Waals surface area (Å²) >= 11 is 0. The van der Waals surface area contributed by atoms with Gasteiger partial charge in [0.25, 0.3) is 11.8 Å². The van der Waals surface area contributed by atoms with Crippen molar-refractivity contribution < 1.29 is 23.8 Å². The largest absolute Gasteiger partial charge is 0.497 e. The van der Waals surface area contributed by atoms with Crippen LogP contribution < -0.4 is 9.47 Å². The predicted molar refractivity (Wildman–Crippen MR) is 146 cm³/mol. The van der Waals surface area contributed by atoms with Gasteiger partial charge in [0.15, 0.2) is 5.60 Å². The normalized spacial score (nSPS) is 21.7. The maximum Gasteiger partial charge on any atom is 0.260 e. The lowest BCUT2D eigenvalue weighted by molar-refractivity contribution is -0.159. The van der Waals surface area contributed by atoms with Gasteiger partial charge in [0.1, 0.15) is 11.5 Å². The number of hydrogen-bond acceptors (Lipinski definition) is 5. The fourth-order valence-electron chi connectivity index (χ4n) is 6.47. The van der Waals surface area contributed by atoms with E-state index in [-0.39, 0.29) is 17.2 Å². The van der Waals surface area contributed by atoms with Gasteiger partial charge in [-0.05, 0) is 68.0 Å². The minimum atomic E-state index is -1.08. The van der Waals surface area contributed by atoms with Crippen molar-refractivity contribution in [1.29, 1.82) is 0 Å². The Balaban J connectivity index is 1.16. The van der Waals surface area contributed by atoms with Crippen LogP contribution >= 0.6 is 0 Å². The average molecular weight is 530 g/mol. The van der Waals surface area contributed by atoms with Crippen molar-refractivity contribution >= 4 is 11.8 Å². The number of benzene rings is 2. The Morgan fingerprint density at radius 3 is 2.38 bits per heavy atom. The number of para-hydroxylation sites is 1. The lowest BCUT2D eigenvalue weighted by Gasteiger charge is -2.40. The summed E-state index contributed by atoms with van der Waals surface area (Å²) in [5.41, 5.74) is 2.42. The molecule has 2 aromatic carbocycles. The van der Waals surface area contributed by atoms with E-state index in [0.717, 1.165) is 36.2 Å². The lowest BCUT2D eigenvalue weighted by Crippen LogP contribution is -2.48. The molecule has 2 fully saturated rings. The first-order valence-corrected chi connectivity index (χ1v) is 13.6. The van der Waals surface area contributed by atoms with E-state index in [9.17, 15) is 9.59 Å². The zero-order valence-corrected chi connectivity index (χ0v) is 22.8. The van der Waals surface area contributed by atoms with Gasteiger partial charge in [-0.2, -0.15) is 0 Å². The van der Waals surface area contributed by atoms with Gasteiger partial charge in [-0.25, -0.2) is 0 Å². The fourth-order valence-corrected chi connectivity index (χ4v) is 6.47. The van der Waals surface area contributed by atoms with Crippen molar-refractivity contribution in [3.8, 4) is 17.2 Å². The van der Waals surface area contributed by atoms with Crippen LogP contribution in [0.3, 0.4) is 0 Å². The SMILES string of the molecule is COc1ccc(OC)c(C(=O)N2CCC3(CC2)CCN(C(=O)C2(C)OCc4ccccc4-n4cccc42)C3)c1. The summed E-state index contributed by atoms with van der Waals surface area (Å²) in [6.45, 7) is 4.96. The van der Waals surface area contributed by atoms with Crippen LogP contribution in [0.4, 0.5) is 0 Å². The Morgan fingerprint density at radius 2 is 1.64 bits per heavy atom. The minimum absolute atomic E-state index is 0.00625. The Kier molecular flexibility index (Phi) is 6.38. The van der Waals surface area contributed by atoms with Crippen LogP contribution in [0.5, 0.6) is 11.5 Å². The third-order valence-electron chi connectivity index (χ3n) is 8.89. The molecule has 8 nitrogen and oxygen atoms in total. The molecular weight excluding hydrogens is 494 g/mol. The van der Waals surface area contributed by atoms with Crippen molar-refractivity contribution in [3.05, 3.63) is 77.6 Å². The number of fused-ring (bicyclic) bond motifs is 3. The molecule has 2 saturated heterocycles. The number of piperidine rings is 1. The molecule has 1 aromatic heterocycles. The molecule has 2 amide bonds. The molecule has 1 spiro atoms. The van der Waals surface area contributed by atoms with E-state index >= 15 is 0 Å². The summed E-state index contributed by atoms with van der Waals surface area (Å²) < 4.78 is 19.3. The van der Waals surface area contributed by atoms with Gasteiger partial charge in [-0.3, -0.25) is 9.59 Å². The number of aromatic nitrogens is 1. The molecule has 0 radical (unpaired) electrons. The zero-order chi connectivity index (χ0) is 27.2. The van der Waals surface area contributed by atoms with Crippen LogP contribution in [0.25, 0.3) is 5.69 Å². The van der Waals surface area contributed by atoms with Crippen LogP contribution in [0.15, 0.2) is 60.8 Å². The molecule has 39 heavy (non-hydrogen) atoms. The predicted octanol–water partition coefficient (Wildman–Crippen LogP) is 4.39. The maximum absolute atomic E-state index is 14.1. The second-order valence-corrected chi connectivity index (χ2v) is 11.0. The molecule has 0 N–H and O–H groups in total. The highest BCUT2D eigenvalue weighted by molar-refractivity contribution is 5.97. The summed E-state index contributed by atoms with van der Waals surface area (Å²) in [5, 5.41) is 0. The molecule has 204 valence electrons. The number of nitrogens with zero attached hydrogens (tertiary/aromatic N) is 3. The monoisotopic (exact) mass is 529 g/mol. The van der Waals surface area contributed by atoms with Gasteiger partial charge in [0.05, 0.1) is 37.8 Å². The Labute approximate surface area is 229 Å². The van der Waals surface area contributed by atoms with Gasteiger partial charge in [-0.1, -0.05) is 18.2 Å². The van der Waals surface area contributed by atoms with Crippen molar-refractivity contribution in [2.24, 2.45) is 5.41 Å². The number of methoxy groups -OCH3 is 2. The Hall–Kier alpha value is -3.78. The van der Waals surface area contributed by atoms with Crippen LogP contribution in [0.1, 0.15) is 47.8 Å². The summed E-state index contributed by atoms with van der Waals surface area (Å²) in [7, 11) is 3.16. The number of amides is 2. The van der Waals surface area contributed by atoms with Crippen LogP contribution in [0, 0.1) is 5.41 Å². The smallest absolute Gasteiger partial charge is 0.260 e. The van der Waals surface area contributed by atoms with E-state index in [2.05, 4.69) is 16.7 Å². The highest BCUT2D eigenvalue weighted by Crippen LogP contribution is 2.44. The third kappa shape index (κ3) is 4.27. The first kappa shape index (κ1) is 25.5. The lowest BCUT2D eigenvalue weighted by atomic mass is 9.77. The van der Waals surface area contributed by atoms with E-state index in [4.69, 9.17) is 14.2 Å². The van der Waals surface area contributed by atoms with Gasteiger partial charge < -0.3 is 28.6 Å². The maximum atomic E-state index is 14.1. The number of carbonyl (C=O) groups excluding carboxylic acids is 2. The fraction of sp³-hybridized carbons (Fsp3) is 0.419. The van der Waals surface area contributed by atoms with E-state index in [1.165, 1.54) is 0 Å². The third-order valence-corrected chi connectivity index (χ3v) is 8.89. The number of likely N-dealkylation sites (tertiary alicyclic amines) is 2. The quantitative estimate of drug-likeness (QED) is 0.501. The molecule has 0 aliphatic carbocycles. The van der Waals surface area contributed by atoms with Gasteiger partial charge >= 0.3 is 0 Å². The highest BCUT2D eigenvalue weighted by atomic mass is 16.5. The number of carbonyl (C=O) groups is 2. The zero-order valence-electron chi connectivity index (χ0n) is 22.8. The molecule has 3 aromatic rings. The number of ether oxygens (including phenoxy) is 3. The molecule has 3 aliphatic heterocycles. The molecular formula is C31H35N3O5.